The van der Waals surface area contributed by atoms with Crippen molar-refractivity contribution in [3.05, 3.63) is 29.1 Å². The Morgan fingerprint density at radius 1 is 1.15 bits per heavy atom. The van der Waals surface area contributed by atoms with Crippen LogP contribution in [0.2, 0.25) is 0 Å². The van der Waals surface area contributed by atoms with Crippen LogP contribution in [0.25, 0.3) is 22.2 Å². The molecule has 3 atom stereocenters. The second-order valence-corrected chi connectivity index (χ2v) is 11.2. The van der Waals surface area contributed by atoms with Crippen LogP contribution in [0.5, 0.6) is 11.9 Å². The van der Waals surface area contributed by atoms with Crippen molar-refractivity contribution in [1.82, 2.24) is 25.2 Å². The summed E-state index contributed by atoms with van der Waals surface area (Å²) in [5.41, 5.74) is 3.55. The van der Waals surface area contributed by atoms with Crippen molar-refractivity contribution in [1.29, 1.82) is 0 Å². The number of nitrogens with zero attached hydrogens (tertiary/aromatic N) is 4. The number of halogens is 4. The lowest BCUT2D eigenvalue weighted by molar-refractivity contribution is 0.107. The first kappa shape index (κ1) is 27.7. The fourth-order valence-electron chi connectivity index (χ4n) is 6.14. The van der Waals surface area contributed by atoms with E-state index in [4.69, 9.17) is 15.2 Å². The minimum atomic E-state index is -1.13. The number of nitrogens with one attached hydrogen (secondary N) is 2. The van der Waals surface area contributed by atoms with Crippen LogP contribution in [0.4, 0.5) is 29.1 Å². The van der Waals surface area contributed by atoms with E-state index in [-0.39, 0.29) is 52.4 Å². The number of pyridine rings is 1. The number of alkyl halides is 1. The molecular weight excluding hydrogens is 542 g/mol. The number of nitrogen functional groups attached to an aromatic ring is 1. The van der Waals surface area contributed by atoms with Crippen LogP contribution in [0.15, 0.2) is 6.07 Å². The zero-order valence-corrected chi connectivity index (χ0v) is 23.0. The van der Waals surface area contributed by atoms with Crippen molar-refractivity contribution >= 4 is 22.4 Å². The van der Waals surface area contributed by atoms with Gasteiger partial charge >= 0.3 is 6.01 Å². The molecular formula is C28H33F4N7O2. The minimum absolute atomic E-state index is 0.00331. The fourth-order valence-corrected chi connectivity index (χ4v) is 6.14. The predicted octanol–water partition coefficient (Wildman–Crippen LogP) is 4.13. The second kappa shape index (κ2) is 10.8. The average Bonchev–Trinajstić information content (AvgIpc) is 3.46. The highest BCUT2D eigenvalue weighted by Gasteiger charge is 2.49. The molecule has 1 aromatic carbocycles. The monoisotopic (exact) mass is 575 g/mol. The SMILES string of the molecule is Cc1cc(-c2nc3c4c(nc(OCC56CCCN5C[C@H](F)C6)nc4c2F)NCCNCC[C@H](C)O3)c(F)c(N)c1F. The van der Waals surface area contributed by atoms with Crippen molar-refractivity contribution in [2.45, 2.75) is 57.3 Å². The zero-order chi connectivity index (χ0) is 28.9. The molecule has 9 nitrogen and oxygen atoms in total. The number of ether oxygens (including phenoxy) is 2. The number of aromatic nitrogens is 3. The molecule has 41 heavy (non-hydrogen) atoms. The summed E-state index contributed by atoms with van der Waals surface area (Å²) in [6.45, 7) is 6.25. The first-order chi connectivity index (χ1) is 19.7. The molecule has 220 valence electrons. The summed E-state index contributed by atoms with van der Waals surface area (Å²) in [5.74, 6) is -2.78. The van der Waals surface area contributed by atoms with Gasteiger partial charge in [-0.05, 0) is 57.8 Å². The quantitative estimate of drug-likeness (QED) is 0.313. The van der Waals surface area contributed by atoms with E-state index in [0.717, 1.165) is 25.5 Å². The van der Waals surface area contributed by atoms with Gasteiger partial charge in [-0.3, -0.25) is 4.90 Å². The summed E-state index contributed by atoms with van der Waals surface area (Å²) in [6, 6.07) is 1.04. The smallest absolute Gasteiger partial charge is 0.319 e. The molecule has 0 bridgehead atoms. The van der Waals surface area contributed by atoms with Crippen molar-refractivity contribution in [2.24, 2.45) is 0 Å². The van der Waals surface area contributed by atoms with Crippen LogP contribution >= 0.6 is 0 Å². The Hall–Kier alpha value is -3.45. The molecule has 0 saturated carbocycles. The fraction of sp³-hybridized carbons (Fsp3) is 0.536. The van der Waals surface area contributed by atoms with Crippen molar-refractivity contribution in [3.63, 3.8) is 0 Å². The molecule has 5 heterocycles. The molecule has 4 N–H and O–H groups in total. The maximum absolute atomic E-state index is 16.3. The van der Waals surface area contributed by atoms with E-state index in [2.05, 4.69) is 30.5 Å². The van der Waals surface area contributed by atoms with Crippen LogP contribution in [-0.2, 0) is 0 Å². The molecule has 2 aromatic heterocycles. The van der Waals surface area contributed by atoms with E-state index in [0.29, 0.717) is 39.0 Å². The molecule has 3 aromatic rings. The van der Waals surface area contributed by atoms with Crippen LogP contribution < -0.4 is 25.8 Å². The van der Waals surface area contributed by atoms with Crippen LogP contribution in [-0.4, -0.2) is 77.0 Å². The van der Waals surface area contributed by atoms with Gasteiger partial charge in [0, 0.05) is 31.6 Å². The molecule has 0 amide bonds. The average molecular weight is 576 g/mol. The van der Waals surface area contributed by atoms with Gasteiger partial charge in [0.2, 0.25) is 5.88 Å². The molecule has 2 fully saturated rings. The number of fused-ring (bicyclic) bond motifs is 1. The molecule has 6 rings (SSSR count). The Kier molecular flexibility index (Phi) is 7.26. The van der Waals surface area contributed by atoms with E-state index < -0.39 is 40.5 Å². The van der Waals surface area contributed by atoms with Crippen molar-refractivity contribution in [3.8, 4) is 23.1 Å². The van der Waals surface area contributed by atoms with Gasteiger partial charge in [-0.2, -0.15) is 9.97 Å². The van der Waals surface area contributed by atoms with Gasteiger partial charge in [-0.25, -0.2) is 22.5 Å². The highest BCUT2D eigenvalue weighted by molar-refractivity contribution is 5.96. The number of rotatable bonds is 4. The largest absolute Gasteiger partial charge is 0.474 e. The van der Waals surface area contributed by atoms with Crippen LogP contribution in [0, 0.1) is 24.4 Å². The Balaban J connectivity index is 1.50. The summed E-state index contributed by atoms with van der Waals surface area (Å²) in [7, 11) is 0. The maximum atomic E-state index is 16.3. The number of benzene rings is 1. The third-order valence-corrected chi connectivity index (χ3v) is 8.27. The molecule has 0 aliphatic carbocycles. The lowest BCUT2D eigenvalue weighted by atomic mass is 9.95. The Bertz CT molecular complexity index is 1490. The molecule has 3 aliphatic rings. The highest BCUT2D eigenvalue weighted by atomic mass is 19.1. The maximum Gasteiger partial charge on any atom is 0.319 e. The normalized spacial score (nSPS) is 24.9. The first-order valence-corrected chi connectivity index (χ1v) is 14.0. The summed E-state index contributed by atoms with van der Waals surface area (Å²) in [4.78, 5) is 15.4. The minimum Gasteiger partial charge on any atom is -0.474 e. The summed E-state index contributed by atoms with van der Waals surface area (Å²) < 4.78 is 72.4. The Morgan fingerprint density at radius 2 is 1.98 bits per heavy atom. The second-order valence-electron chi connectivity index (χ2n) is 11.2. The standard InChI is InChI=1S/C28H33F4N7O2/c1-14-10-17(20(31)22(33)19(14)30)23-21(32)24-18-25(35-8-7-34-6-4-15(2)41-26(18)36-23)38-27(37-24)40-13-28-5-3-9-39(28)12-16(29)11-28/h10,15-16,34H,3-9,11-13,33H2,1-2H3,(H,35,37,38)/t15-,16+,28?/m0/s1. The summed E-state index contributed by atoms with van der Waals surface area (Å²) in [6.07, 6.45) is 1.40. The zero-order valence-electron chi connectivity index (χ0n) is 23.0. The lowest BCUT2D eigenvalue weighted by Gasteiger charge is -2.30. The predicted molar refractivity (Wildman–Crippen MR) is 146 cm³/mol. The van der Waals surface area contributed by atoms with E-state index in [9.17, 15) is 8.78 Å². The topological polar surface area (TPSA) is 110 Å². The van der Waals surface area contributed by atoms with E-state index in [1.165, 1.54) is 6.92 Å². The third kappa shape index (κ3) is 4.99. The van der Waals surface area contributed by atoms with Gasteiger partial charge in [0.15, 0.2) is 17.5 Å². The van der Waals surface area contributed by atoms with E-state index >= 15 is 8.78 Å². The number of hydrogen-bond acceptors (Lipinski definition) is 9. The number of anilines is 2. The molecule has 13 heteroatoms. The van der Waals surface area contributed by atoms with Gasteiger partial charge in [-0.15, -0.1) is 0 Å². The summed E-state index contributed by atoms with van der Waals surface area (Å²) >= 11 is 0. The van der Waals surface area contributed by atoms with Gasteiger partial charge in [0.25, 0.3) is 0 Å². The Labute approximate surface area is 234 Å². The van der Waals surface area contributed by atoms with Crippen molar-refractivity contribution < 1.29 is 27.0 Å². The molecule has 0 radical (unpaired) electrons. The molecule has 1 unspecified atom stereocenters. The Morgan fingerprint density at radius 3 is 2.80 bits per heavy atom. The lowest BCUT2D eigenvalue weighted by Crippen LogP contribution is -2.43. The molecule has 0 spiro atoms. The number of nitrogens with two attached hydrogens (primary N) is 1. The number of aryl methyl sites for hydroxylation is 1. The highest BCUT2D eigenvalue weighted by Crippen LogP contribution is 2.42. The van der Waals surface area contributed by atoms with Gasteiger partial charge < -0.3 is 25.8 Å². The van der Waals surface area contributed by atoms with Crippen LogP contribution in [0.1, 0.15) is 38.2 Å². The number of hydrogen-bond donors (Lipinski definition) is 3. The van der Waals surface area contributed by atoms with Gasteiger partial charge in [-0.1, -0.05) is 0 Å². The first-order valence-electron chi connectivity index (χ1n) is 14.0. The van der Waals surface area contributed by atoms with Crippen LogP contribution in [0.3, 0.4) is 0 Å². The van der Waals surface area contributed by atoms with Crippen molar-refractivity contribution in [2.75, 3.05) is 50.4 Å². The van der Waals surface area contributed by atoms with Gasteiger partial charge in [0.1, 0.15) is 40.9 Å². The van der Waals surface area contributed by atoms with E-state index in [1.807, 2.05) is 6.92 Å². The van der Waals surface area contributed by atoms with Gasteiger partial charge in [0.05, 0.1) is 11.6 Å². The van der Waals surface area contributed by atoms with E-state index in [1.54, 1.807) is 0 Å². The molecule has 3 aliphatic heterocycles. The molecule has 2 saturated heterocycles. The summed E-state index contributed by atoms with van der Waals surface area (Å²) in [5, 5.41) is 6.66. The third-order valence-electron chi connectivity index (χ3n) is 8.27.